The Balaban J connectivity index is 1.32. The zero-order chi connectivity index (χ0) is 29.5. The first kappa shape index (κ1) is 28.9. The molecule has 0 fully saturated rings. The summed E-state index contributed by atoms with van der Waals surface area (Å²) in [7, 11) is 0. The fraction of sp³-hybridized carbons (Fsp3) is 0.394. The normalized spacial score (nSPS) is 17.3. The van der Waals surface area contributed by atoms with Gasteiger partial charge in [0.2, 0.25) is 0 Å². The van der Waals surface area contributed by atoms with E-state index in [4.69, 9.17) is 20.9 Å². The molecule has 2 atom stereocenters. The Hall–Kier alpha value is -4.58. The van der Waals surface area contributed by atoms with Crippen LogP contribution >= 0.6 is 0 Å². The van der Waals surface area contributed by atoms with Gasteiger partial charge in [-0.2, -0.15) is 5.10 Å². The highest BCUT2D eigenvalue weighted by Crippen LogP contribution is 2.35. The van der Waals surface area contributed by atoms with E-state index in [2.05, 4.69) is 45.1 Å². The van der Waals surface area contributed by atoms with Crippen molar-refractivity contribution in [3.8, 4) is 23.8 Å². The van der Waals surface area contributed by atoms with Crippen molar-refractivity contribution in [2.75, 3.05) is 36.5 Å². The number of hydrogen-bond acceptors (Lipinski definition) is 9. The number of pyridine rings is 1. The molecule has 2 aliphatic heterocycles. The maximum absolute atomic E-state index is 6.17. The first-order chi connectivity index (χ1) is 20.4. The van der Waals surface area contributed by atoms with Crippen molar-refractivity contribution in [3.63, 3.8) is 0 Å². The third-order valence-electron chi connectivity index (χ3n) is 7.20. The maximum atomic E-state index is 6.17. The standard InChI is InChI=1S/C33H39N7O2/c1-6-8-9-14-39-20-24(4)21-41-30-18-28-31(38-33(30)39)32(35-22-34-28)37-26-10-11-29(25(5)17-26)42-27-12-15-40(16-13-27)36-19-23(3)7-2/h2,10-13,15,17-19,22-24H,6,8-9,14,16,20-21H2,1,3-5H3,(H,34,35,37)/b36-19-/t23-,24?/m1/s1. The molecular weight excluding hydrogens is 526 g/mol. The van der Waals surface area contributed by atoms with Crippen LogP contribution in [0.1, 0.15) is 45.6 Å². The summed E-state index contributed by atoms with van der Waals surface area (Å²) >= 11 is 0. The summed E-state index contributed by atoms with van der Waals surface area (Å²) in [5, 5.41) is 9.66. The molecule has 9 nitrogen and oxygen atoms in total. The fourth-order valence-electron chi connectivity index (χ4n) is 4.85. The van der Waals surface area contributed by atoms with Gasteiger partial charge in [-0.05, 0) is 56.2 Å². The molecule has 42 heavy (non-hydrogen) atoms. The second-order valence-corrected chi connectivity index (χ2v) is 10.9. The highest BCUT2D eigenvalue weighted by Gasteiger charge is 2.24. The molecule has 2 aliphatic rings. The predicted molar refractivity (Wildman–Crippen MR) is 169 cm³/mol. The minimum absolute atomic E-state index is 0.0103. The molecule has 0 aliphatic carbocycles. The van der Waals surface area contributed by atoms with Crippen molar-refractivity contribution < 1.29 is 9.47 Å². The van der Waals surface area contributed by atoms with E-state index < -0.39 is 0 Å². The van der Waals surface area contributed by atoms with E-state index in [1.807, 2.05) is 61.5 Å². The molecular formula is C33H39N7O2. The Kier molecular flexibility index (Phi) is 9.22. The van der Waals surface area contributed by atoms with Crippen molar-refractivity contribution in [3.05, 3.63) is 60.3 Å². The number of benzene rings is 1. The van der Waals surface area contributed by atoms with Gasteiger partial charge in [0.15, 0.2) is 17.4 Å². The van der Waals surface area contributed by atoms with E-state index >= 15 is 0 Å². The zero-order valence-corrected chi connectivity index (χ0v) is 24.9. The number of rotatable bonds is 10. The topological polar surface area (TPSA) is 88.0 Å². The minimum Gasteiger partial charge on any atom is -0.489 e. The first-order valence-electron chi connectivity index (χ1n) is 14.7. The number of terminal acetylenes is 1. The number of hydrogen-bond donors (Lipinski definition) is 1. The summed E-state index contributed by atoms with van der Waals surface area (Å²) in [6.07, 6.45) is 18.0. The van der Waals surface area contributed by atoms with Gasteiger partial charge in [-0.3, -0.25) is 5.01 Å². The van der Waals surface area contributed by atoms with Crippen molar-refractivity contribution in [2.24, 2.45) is 16.9 Å². The molecule has 1 N–H and O–H groups in total. The summed E-state index contributed by atoms with van der Waals surface area (Å²) in [6.45, 7) is 11.5. The Bertz CT molecular complexity index is 1540. The number of nitrogens with zero attached hydrogens (tertiary/aromatic N) is 6. The number of hydrazone groups is 1. The van der Waals surface area contributed by atoms with E-state index in [9.17, 15) is 0 Å². The lowest BCUT2D eigenvalue weighted by molar-refractivity contribution is 0.273. The molecule has 0 saturated carbocycles. The van der Waals surface area contributed by atoms with Gasteiger partial charge in [0.25, 0.3) is 0 Å². The second-order valence-electron chi connectivity index (χ2n) is 10.9. The number of unbranched alkanes of at least 4 members (excludes halogenated alkanes) is 2. The molecule has 4 heterocycles. The van der Waals surface area contributed by atoms with Crippen LogP contribution in [0, 0.1) is 31.1 Å². The van der Waals surface area contributed by atoms with E-state index in [0.29, 0.717) is 30.4 Å². The van der Waals surface area contributed by atoms with Crippen molar-refractivity contribution in [2.45, 2.75) is 47.0 Å². The van der Waals surface area contributed by atoms with Crippen LogP contribution in [0.4, 0.5) is 17.3 Å². The van der Waals surface area contributed by atoms with Crippen LogP contribution in [-0.4, -0.2) is 52.4 Å². The lowest BCUT2D eigenvalue weighted by Crippen LogP contribution is -2.30. The van der Waals surface area contributed by atoms with Gasteiger partial charge in [-0.1, -0.05) is 32.6 Å². The van der Waals surface area contributed by atoms with Crippen molar-refractivity contribution >= 4 is 34.6 Å². The Labute approximate surface area is 248 Å². The summed E-state index contributed by atoms with van der Waals surface area (Å²) < 4.78 is 12.3. The third kappa shape index (κ3) is 7.00. The average molecular weight is 566 g/mol. The molecule has 1 unspecified atom stereocenters. The molecule has 218 valence electrons. The summed E-state index contributed by atoms with van der Waals surface area (Å²) in [6, 6.07) is 7.97. The Morgan fingerprint density at radius 3 is 2.93 bits per heavy atom. The van der Waals surface area contributed by atoms with Crippen LogP contribution in [0.3, 0.4) is 0 Å². The van der Waals surface area contributed by atoms with Crippen LogP contribution in [0.2, 0.25) is 0 Å². The van der Waals surface area contributed by atoms with Crippen LogP contribution in [0.5, 0.6) is 11.5 Å². The monoisotopic (exact) mass is 565 g/mol. The summed E-state index contributed by atoms with van der Waals surface area (Å²) in [5.74, 6) is 6.89. The molecule has 0 amide bonds. The number of anilines is 3. The quantitative estimate of drug-likeness (QED) is 0.171. The van der Waals surface area contributed by atoms with Gasteiger partial charge in [0.1, 0.15) is 23.4 Å². The molecule has 0 spiro atoms. The lowest BCUT2D eigenvalue weighted by Gasteiger charge is -2.24. The number of aromatic nitrogens is 3. The van der Waals surface area contributed by atoms with Crippen LogP contribution < -0.4 is 19.7 Å². The van der Waals surface area contributed by atoms with E-state index in [1.54, 1.807) is 12.5 Å². The zero-order valence-electron chi connectivity index (χ0n) is 24.9. The van der Waals surface area contributed by atoms with E-state index in [1.165, 1.54) is 12.8 Å². The summed E-state index contributed by atoms with van der Waals surface area (Å²) in [5.41, 5.74) is 3.34. The van der Waals surface area contributed by atoms with E-state index in [0.717, 1.165) is 59.4 Å². The Morgan fingerprint density at radius 1 is 1.29 bits per heavy atom. The van der Waals surface area contributed by atoms with Gasteiger partial charge in [0, 0.05) is 43.2 Å². The van der Waals surface area contributed by atoms with Gasteiger partial charge < -0.3 is 19.7 Å². The fourth-order valence-corrected chi connectivity index (χ4v) is 4.85. The highest BCUT2D eigenvalue weighted by atomic mass is 16.5. The van der Waals surface area contributed by atoms with Gasteiger partial charge in [-0.15, -0.1) is 6.42 Å². The number of nitrogens with one attached hydrogen (secondary N) is 1. The van der Waals surface area contributed by atoms with Crippen molar-refractivity contribution in [1.82, 2.24) is 20.0 Å². The molecule has 9 heteroatoms. The number of ether oxygens (including phenoxy) is 2. The predicted octanol–water partition coefficient (Wildman–Crippen LogP) is 6.45. The molecule has 0 radical (unpaired) electrons. The average Bonchev–Trinajstić information content (AvgIpc) is 3.15. The lowest BCUT2D eigenvalue weighted by atomic mass is 10.1. The summed E-state index contributed by atoms with van der Waals surface area (Å²) in [4.78, 5) is 16.5. The number of aryl methyl sites for hydroxylation is 1. The minimum atomic E-state index is -0.0103. The first-order valence-corrected chi connectivity index (χ1v) is 14.7. The molecule has 1 aromatic carbocycles. The molecule has 3 aromatic rings. The molecule has 0 bridgehead atoms. The van der Waals surface area contributed by atoms with Crippen LogP contribution in [0.25, 0.3) is 11.0 Å². The van der Waals surface area contributed by atoms with Gasteiger partial charge in [-0.25, -0.2) is 15.0 Å². The number of fused-ring (bicyclic) bond motifs is 2. The smallest absolute Gasteiger partial charge is 0.172 e. The Morgan fingerprint density at radius 2 is 2.17 bits per heavy atom. The van der Waals surface area contributed by atoms with Gasteiger partial charge in [0.05, 0.1) is 24.6 Å². The molecule has 0 saturated heterocycles. The third-order valence-corrected chi connectivity index (χ3v) is 7.20. The molecule has 5 rings (SSSR count). The van der Waals surface area contributed by atoms with Crippen molar-refractivity contribution in [1.29, 1.82) is 0 Å². The molecule has 2 aromatic heterocycles. The van der Waals surface area contributed by atoms with Crippen LogP contribution in [0.15, 0.2) is 59.8 Å². The van der Waals surface area contributed by atoms with E-state index in [-0.39, 0.29) is 5.92 Å². The number of allylic oxidation sites excluding steroid dienone is 1. The second kappa shape index (κ2) is 13.4. The van der Waals surface area contributed by atoms with Gasteiger partial charge >= 0.3 is 0 Å². The maximum Gasteiger partial charge on any atom is 0.172 e. The largest absolute Gasteiger partial charge is 0.489 e. The highest BCUT2D eigenvalue weighted by molar-refractivity contribution is 5.90. The van der Waals surface area contributed by atoms with Crippen LogP contribution in [-0.2, 0) is 0 Å². The SMILES string of the molecule is C#C[C@@H](C)/C=N\N1C=CC(Oc2ccc(Nc3ncnc4cc5c(nc34)N(CCCCC)CC(C)CO5)cc2C)=CC1.